The average Bonchev–Trinajstić information content (AvgIpc) is 3.09. The molecule has 0 amide bonds. The van der Waals surface area contributed by atoms with Crippen LogP contribution < -0.4 is 5.01 Å². The van der Waals surface area contributed by atoms with E-state index in [2.05, 4.69) is 48.3 Å². The van der Waals surface area contributed by atoms with E-state index in [4.69, 9.17) is 0 Å². The molecule has 7 heteroatoms. The lowest BCUT2D eigenvalue weighted by Gasteiger charge is -2.17. The van der Waals surface area contributed by atoms with E-state index in [1.54, 1.807) is 0 Å². The van der Waals surface area contributed by atoms with E-state index >= 15 is 0 Å². The minimum atomic E-state index is -2.94. The summed E-state index contributed by atoms with van der Waals surface area (Å²) < 4.78 is 25.4. The van der Waals surface area contributed by atoms with Gasteiger partial charge in [0.15, 0.2) is 9.84 Å². The molecular weight excluding hydrogens is 348 g/mol. The van der Waals surface area contributed by atoms with E-state index in [0.29, 0.717) is 6.42 Å². The topological polar surface area (TPSA) is 67.6 Å². The number of aromatic nitrogens is 2. The zero-order chi connectivity index (χ0) is 18.9. The minimum absolute atomic E-state index is 0.0692. The van der Waals surface area contributed by atoms with Crippen molar-refractivity contribution in [1.29, 1.82) is 0 Å². The van der Waals surface area contributed by atoms with Gasteiger partial charge in [-0.15, -0.1) is 0 Å². The summed E-state index contributed by atoms with van der Waals surface area (Å²) in [5.74, 6) is 0.423. The average molecular weight is 375 g/mol. The summed E-state index contributed by atoms with van der Waals surface area (Å²) in [6.07, 6.45) is 2.46. The van der Waals surface area contributed by atoms with E-state index in [9.17, 15) is 8.42 Å². The van der Waals surface area contributed by atoms with E-state index in [0.717, 1.165) is 29.2 Å². The van der Waals surface area contributed by atoms with Crippen LogP contribution in [0.15, 0.2) is 29.4 Å². The number of hydrogen-bond donors (Lipinski definition) is 0. The molecule has 0 N–H and O–H groups in total. The Morgan fingerprint density at radius 1 is 1.27 bits per heavy atom. The third-order valence-corrected chi connectivity index (χ3v) is 6.64. The van der Waals surface area contributed by atoms with E-state index < -0.39 is 9.84 Å². The SMILES string of the molecule is CCN(N=Cc1c(C)nn(C2CCS(=O)(=O)C2)c1C)c1ccc(C)cc1. The highest BCUT2D eigenvalue weighted by Gasteiger charge is 2.31. The summed E-state index contributed by atoms with van der Waals surface area (Å²) in [5.41, 5.74) is 5.05. The molecule has 2 aromatic rings. The van der Waals surface area contributed by atoms with Crippen LogP contribution in [-0.4, -0.2) is 42.5 Å². The van der Waals surface area contributed by atoms with Gasteiger partial charge in [0.25, 0.3) is 0 Å². The fourth-order valence-electron chi connectivity index (χ4n) is 3.36. The molecule has 1 aromatic heterocycles. The Balaban J connectivity index is 1.85. The molecule has 26 heavy (non-hydrogen) atoms. The third kappa shape index (κ3) is 3.82. The maximum absolute atomic E-state index is 11.8. The number of hydrogen-bond acceptors (Lipinski definition) is 5. The Bertz CT molecular complexity index is 914. The molecule has 1 atom stereocenters. The molecule has 0 radical (unpaired) electrons. The monoisotopic (exact) mass is 374 g/mol. The number of anilines is 1. The van der Waals surface area contributed by atoms with Crippen molar-refractivity contribution >= 4 is 21.7 Å². The molecule has 0 bridgehead atoms. The summed E-state index contributed by atoms with van der Waals surface area (Å²) in [7, 11) is -2.94. The normalized spacial score (nSPS) is 19.3. The lowest BCUT2D eigenvalue weighted by Crippen LogP contribution is -2.16. The Morgan fingerprint density at radius 2 is 1.96 bits per heavy atom. The van der Waals surface area contributed by atoms with Crippen LogP contribution in [0.2, 0.25) is 0 Å². The van der Waals surface area contributed by atoms with Gasteiger partial charge < -0.3 is 0 Å². The van der Waals surface area contributed by atoms with Gasteiger partial charge in [0, 0.05) is 17.8 Å². The van der Waals surface area contributed by atoms with Crippen molar-refractivity contribution in [2.45, 2.75) is 40.2 Å². The van der Waals surface area contributed by atoms with Crippen LogP contribution in [0.4, 0.5) is 5.69 Å². The maximum atomic E-state index is 11.8. The maximum Gasteiger partial charge on any atom is 0.152 e. The van der Waals surface area contributed by atoms with Gasteiger partial charge in [-0.05, 0) is 46.2 Å². The van der Waals surface area contributed by atoms with Gasteiger partial charge >= 0.3 is 0 Å². The number of aryl methyl sites for hydroxylation is 2. The molecule has 1 unspecified atom stereocenters. The van der Waals surface area contributed by atoms with Gasteiger partial charge in [-0.25, -0.2) is 8.42 Å². The van der Waals surface area contributed by atoms with Crippen molar-refractivity contribution < 1.29 is 8.42 Å². The Hall–Kier alpha value is -2.15. The molecule has 0 spiro atoms. The number of benzene rings is 1. The summed E-state index contributed by atoms with van der Waals surface area (Å²) >= 11 is 0. The molecule has 6 nitrogen and oxygen atoms in total. The molecule has 1 aliphatic rings. The predicted molar refractivity (Wildman–Crippen MR) is 106 cm³/mol. The van der Waals surface area contributed by atoms with Crippen LogP contribution in [-0.2, 0) is 9.84 Å². The zero-order valence-electron chi connectivity index (χ0n) is 15.8. The molecule has 140 valence electrons. The molecule has 1 saturated heterocycles. The van der Waals surface area contributed by atoms with Crippen LogP contribution in [0.3, 0.4) is 0 Å². The van der Waals surface area contributed by atoms with Crippen molar-refractivity contribution in [3.8, 4) is 0 Å². The van der Waals surface area contributed by atoms with E-state index in [1.807, 2.05) is 29.8 Å². The molecular formula is C19H26N4O2S. The smallest absolute Gasteiger partial charge is 0.152 e. The second-order valence-electron chi connectivity index (χ2n) is 6.88. The van der Waals surface area contributed by atoms with Crippen molar-refractivity contribution in [2.24, 2.45) is 5.10 Å². The molecule has 1 fully saturated rings. The zero-order valence-corrected chi connectivity index (χ0v) is 16.6. The van der Waals surface area contributed by atoms with E-state index in [1.165, 1.54) is 5.56 Å². The number of nitrogens with zero attached hydrogens (tertiary/aromatic N) is 4. The summed E-state index contributed by atoms with van der Waals surface area (Å²) in [6, 6.07) is 8.19. The largest absolute Gasteiger partial charge is 0.266 e. The second kappa shape index (κ2) is 7.23. The lowest BCUT2D eigenvalue weighted by atomic mass is 10.2. The Morgan fingerprint density at radius 3 is 2.54 bits per heavy atom. The quantitative estimate of drug-likeness (QED) is 0.596. The Kier molecular flexibility index (Phi) is 5.18. The van der Waals surface area contributed by atoms with Gasteiger partial charge in [0.1, 0.15) is 0 Å². The fourth-order valence-corrected chi connectivity index (χ4v) is 5.05. The fraction of sp³-hybridized carbons (Fsp3) is 0.474. The third-order valence-electron chi connectivity index (χ3n) is 4.89. The van der Waals surface area contributed by atoms with E-state index in [-0.39, 0.29) is 17.5 Å². The Labute approximate surface area is 155 Å². The van der Waals surface area contributed by atoms with Crippen LogP contribution in [0.5, 0.6) is 0 Å². The minimum Gasteiger partial charge on any atom is -0.266 e. The van der Waals surface area contributed by atoms with Crippen LogP contribution in [0, 0.1) is 20.8 Å². The van der Waals surface area contributed by atoms with Gasteiger partial charge in [0.05, 0.1) is 35.1 Å². The molecule has 0 saturated carbocycles. The van der Waals surface area contributed by atoms with Crippen molar-refractivity contribution in [2.75, 3.05) is 23.1 Å². The van der Waals surface area contributed by atoms with Crippen molar-refractivity contribution in [3.63, 3.8) is 0 Å². The molecule has 1 aromatic carbocycles. The molecule has 1 aliphatic heterocycles. The second-order valence-corrected chi connectivity index (χ2v) is 9.11. The highest BCUT2D eigenvalue weighted by atomic mass is 32.2. The van der Waals surface area contributed by atoms with Crippen LogP contribution >= 0.6 is 0 Å². The summed E-state index contributed by atoms with van der Waals surface area (Å²) in [5, 5.41) is 11.2. The number of hydrazone groups is 1. The predicted octanol–water partition coefficient (Wildman–Crippen LogP) is 3.03. The van der Waals surface area contributed by atoms with Crippen LogP contribution in [0.25, 0.3) is 0 Å². The molecule has 0 aliphatic carbocycles. The van der Waals surface area contributed by atoms with Gasteiger partial charge in [-0.2, -0.15) is 10.2 Å². The summed E-state index contributed by atoms with van der Waals surface area (Å²) in [4.78, 5) is 0. The highest BCUT2D eigenvalue weighted by molar-refractivity contribution is 7.91. The summed E-state index contributed by atoms with van der Waals surface area (Å²) in [6.45, 7) is 8.80. The first-order valence-electron chi connectivity index (χ1n) is 8.95. The van der Waals surface area contributed by atoms with Crippen LogP contribution in [0.1, 0.15) is 41.9 Å². The van der Waals surface area contributed by atoms with Crippen molar-refractivity contribution in [1.82, 2.24) is 9.78 Å². The first kappa shape index (κ1) is 18.6. The molecule has 3 rings (SSSR count). The van der Waals surface area contributed by atoms with Gasteiger partial charge in [-0.3, -0.25) is 9.69 Å². The number of sulfone groups is 1. The number of rotatable bonds is 5. The highest BCUT2D eigenvalue weighted by Crippen LogP contribution is 2.26. The standard InChI is InChI=1S/C19H26N4O2S/c1-5-22(17-8-6-14(2)7-9-17)20-12-19-15(3)21-23(16(19)4)18-10-11-26(24,25)13-18/h6-9,12,18H,5,10-11,13H2,1-4H3. The first-order valence-corrected chi connectivity index (χ1v) is 10.8. The first-order chi connectivity index (χ1) is 12.3. The van der Waals surface area contributed by atoms with Gasteiger partial charge in [-0.1, -0.05) is 17.7 Å². The van der Waals surface area contributed by atoms with Crippen molar-refractivity contribution in [3.05, 3.63) is 46.8 Å². The molecule has 2 heterocycles. The van der Waals surface area contributed by atoms with Gasteiger partial charge in [0.2, 0.25) is 0 Å². The lowest BCUT2D eigenvalue weighted by molar-refractivity contribution is 0.486.